The number of para-hydroxylation sites is 2. The minimum absolute atomic E-state index is 0.00259. The van der Waals surface area contributed by atoms with Gasteiger partial charge in [0.25, 0.3) is 5.91 Å². The lowest BCUT2D eigenvalue weighted by molar-refractivity contribution is 0.102. The van der Waals surface area contributed by atoms with Crippen molar-refractivity contribution in [2.24, 2.45) is 0 Å². The highest BCUT2D eigenvalue weighted by atomic mass is 16.5. The van der Waals surface area contributed by atoms with Crippen LogP contribution in [0.3, 0.4) is 0 Å². The van der Waals surface area contributed by atoms with Gasteiger partial charge in [-0.05, 0) is 32.0 Å². The van der Waals surface area contributed by atoms with Gasteiger partial charge >= 0.3 is 5.63 Å². The summed E-state index contributed by atoms with van der Waals surface area (Å²) in [4.78, 5) is 22.9. The van der Waals surface area contributed by atoms with Crippen molar-refractivity contribution in [2.45, 2.75) is 20.0 Å². The Morgan fingerprint density at radius 3 is 2.60 bits per heavy atom. The molecule has 20 heavy (non-hydrogen) atoms. The summed E-state index contributed by atoms with van der Waals surface area (Å²) in [5, 5.41) is 2.73. The van der Waals surface area contributed by atoms with Crippen LogP contribution in [0.5, 0.6) is 5.75 Å². The third-order valence-electron chi connectivity index (χ3n) is 2.46. The Hall–Kier alpha value is -2.56. The highest BCUT2D eigenvalue weighted by molar-refractivity contribution is 6.04. The maximum absolute atomic E-state index is 12.0. The molecule has 104 valence electrons. The molecule has 0 atom stereocenters. The number of ether oxygens (including phenoxy) is 1. The molecule has 0 bridgehead atoms. The lowest BCUT2D eigenvalue weighted by Crippen LogP contribution is -2.15. The summed E-state index contributed by atoms with van der Waals surface area (Å²) < 4.78 is 10.3. The average Bonchev–Trinajstić information content (AvgIpc) is 2.41. The Morgan fingerprint density at radius 2 is 1.95 bits per heavy atom. The van der Waals surface area contributed by atoms with Gasteiger partial charge in [-0.1, -0.05) is 12.1 Å². The first kappa shape index (κ1) is 13.9. The molecule has 0 fully saturated rings. The van der Waals surface area contributed by atoms with Gasteiger partial charge in [-0.25, -0.2) is 4.79 Å². The predicted molar refractivity (Wildman–Crippen MR) is 75.1 cm³/mol. The fourth-order valence-electron chi connectivity index (χ4n) is 1.61. The molecule has 1 heterocycles. The van der Waals surface area contributed by atoms with Crippen molar-refractivity contribution in [3.05, 3.63) is 58.6 Å². The average molecular weight is 273 g/mol. The molecule has 5 nitrogen and oxygen atoms in total. The van der Waals surface area contributed by atoms with E-state index in [1.165, 1.54) is 12.1 Å². The highest BCUT2D eigenvalue weighted by Gasteiger charge is 2.11. The second kappa shape index (κ2) is 6.06. The summed E-state index contributed by atoms with van der Waals surface area (Å²) in [6.45, 7) is 3.81. The monoisotopic (exact) mass is 273 g/mol. The van der Waals surface area contributed by atoms with Gasteiger partial charge in [0.05, 0.1) is 17.4 Å². The quantitative estimate of drug-likeness (QED) is 0.929. The second-order valence-corrected chi connectivity index (χ2v) is 4.46. The molecular weight excluding hydrogens is 258 g/mol. The van der Waals surface area contributed by atoms with Crippen LogP contribution in [0.2, 0.25) is 0 Å². The van der Waals surface area contributed by atoms with Crippen LogP contribution in [0.1, 0.15) is 24.2 Å². The summed E-state index contributed by atoms with van der Waals surface area (Å²) in [6, 6.07) is 9.76. The van der Waals surface area contributed by atoms with Crippen molar-refractivity contribution in [3.8, 4) is 5.75 Å². The molecule has 0 unspecified atom stereocenters. The van der Waals surface area contributed by atoms with Crippen molar-refractivity contribution in [1.82, 2.24) is 0 Å². The van der Waals surface area contributed by atoms with Gasteiger partial charge < -0.3 is 14.5 Å². The number of amides is 1. The summed E-state index contributed by atoms with van der Waals surface area (Å²) in [6.07, 6.45) is 1.13. The van der Waals surface area contributed by atoms with Gasteiger partial charge in [-0.2, -0.15) is 0 Å². The van der Waals surface area contributed by atoms with Crippen LogP contribution in [0.4, 0.5) is 5.69 Å². The number of rotatable bonds is 4. The van der Waals surface area contributed by atoms with E-state index in [1.54, 1.807) is 18.2 Å². The third-order valence-corrected chi connectivity index (χ3v) is 2.46. The normalized spacial score (nSPS) is 10.3. The molecule has 1 amide bonds. The van der Waals surface area contributed by atoms with Crippen LogP contribution in [0.15, 0.2) is 51.9 Å². The van der Waals surface area contributed by atoms with E-state index in [0.717, 1.165) is 6.26 Å². The fourth-order valence-corrected chi connectivity index (χ4v) is 1.61. The van der Waals surface area contributed by atoms with Crippen molar-refractivity contribution in [2.75, 3.05) is 5.32 Å². The Balaban J connectivity index is 2.19. The van der Waals surface area contributed by atoms with E-state index in [0.29, 0.717) is 11.4 Å². The summed E-state index contributed by atoms with van der Waals surface area (Å²) in [7, 11) is 0. The number of carbonyl (C=O) groups excluding carboxylic acids is 1. The molecule has 2 aromatic rings. The number of hydrogen-bond acceptors (Lipinski definition) is 4. The fraction of sp³-hybridized carbons (Fsp3) is 0.200. The lowest BCUT2D eigenvalue weighted by atomic mass is 10.2. The van der Waals surface area contributed by atoms with Gasteiger partial charge in [-0.3, -0.25) is 4.79 Å². The Labute approximate surface area is 116 Å². The zero-order valence-electron chi connectivity index (χ0n) is 11.3. The predicted octanol–water partition coefficient (Wildman–Crippen LogP) is 2.68. The summed E-state index contributed by atoms with van der Waals surface area (Å²) in [5.41, 5.74) is 0.339. The van der Waals surface area contributed by atoms with Crippen LogP contribution in [-0.2, 0) is 0 Å². The van der Waals surface area contributed by atoms with E-state index >= 15 is 0 Å². The molecule has 1 aromatic carbocycles. The first-order valence-corrected chi connectivity index (χ1v) is 6.22. The first-order chi connectivity index (χ1) is 9.56. The van der Waals surface area contributed by atoms with E-state index in [-0.39, 0.29) is 17.6 Å². The van der Waals surface area contributed by atoms with Crippen LogP contribution in [0, 0.1) is 0 Å². The molecule has 1 N–H and O–H groups in total. The highest BCUT2D eigenvalue weighted by Crippen LogP contribution is 2.25. The number of benzene rings is 1. The minimum Gasteiger partial charge on any atom is -0.489 e. The molecule has 0 saturated heterocycles. The van der Waals surface area contributed by atoms with Crippen LogP contribution >= 0.6 is 0 Å². The van der Waals surface area contributed by atoms with Gasteiger partial charge in [0.15, 0.2) is 0 Å². The molecule has 0 aliphatic heterocycles. The largest absolute Gasteiger partial charge is 0.489 e. The first-order valence-electron chi connectivity index (χ1n) is 6.22. The van der Waals surface area contributed by atoms with E-state index in [9.17, 15) is 9.59 Å². The third kappa shape index (κ3) is 3.47. The molecule has 0 saturated carbocycles. The number of nitrogens with one attached hydrogen (secondary N) is 1. The van der Waals surface area contributed by atoms with Crippen molar-refractivity contribution in [1.29, 1.82) is 0 Å². The Kier molecular flexibility index (Phi) is 4.20. The number of anilines is 1. The molecule has 0 aliphatic rings. The van der Waals surface area contributed by atoms with Crippen molar-refractivity contribution in [3.63, 3.8) is 0 Å². The molecule has 5 heteroatoms. The van der Waals surface area contributed by atoms with Crippen LogP contribution < -0.4 is 15.7 Å². The van der Waals surface area contributed by atoms with E-state index in [2.05, 4.69) is 9.73 Å². The Bertz CT molecular complexity index is 640. The zero-order valence-corrected chi connectivity index (χ0v) is 11.3. The summed E-state index contributed by atoms with van der Waals surface area (Å²) in [5.74, 6) is 0.224. The molecule has 0 aliphatic carbocycles. The molecule has 0 radical (unpaired) electrons. The van der Waals surface area contributed by atoms with Crippen molar-refractivity contribution >= 4 is 11.6 Å². The standard InChI is InChI=1S/C15H15NO4/c1-10(2)20-13-6-4-3-5-12(13)16-15(18)11-7-8-14(17)19-9-11/h3-10H,1-2H3,(H,16,18). The molecular formula is C15H15NO4. The zero-order chi connectivity index (χ0) is 14.5. The SMILES string of the molecule is CC(C)Oc1ccccc1NC(=O)c1ccc(=O)oc1. The molecule has 1 aromatic heterocycles. The Morgan fingerprint density at radius 1 is 1.20 bits per heavy atom. The molecule has 2 rings (SSSR count). The van der Waals surface area contributed by atoms with Gasteiger partial charge in [0.1, 0.15) is 12.0 Å². The van der Waals surface area contributed by atoms with Crippen molar-refractivity contribution < 1.29 is 13.9 Å². The second-order valence-electron chi connectivity index (χ2n) is 4.46. The van der Waals surface area contributed by atoms with Gasteiger partial charge in [0.2, 0.25) is 0 Å². The number of hydrogen-bond donors (Lipinski definition) is 1. The van der Waals surface area contributed by atoms with Gasteiger partial charge in [0, 0.05) is 6.07 Å². The van der Waals surface area contributed by atoms with Gasteiger partial charge in [-0.15, -0.1) is 0 Å². The smallest absolute Gasteiger partial charge is 0.335 e. The maximum atomic E-state index is 12.0. The van der Waals surface area contributed by atoms with Crippen LogP contribution in [0.25, 0.3) is 0 Å². The molecule has 0 spiro atoms. The van der Waals surface area contributed by atoms with E-state index < -0.39 is 5.63 Å². The number of carbonyl (C=O) groups is 1. The van der Waals surface area contributed by atoms with E-state index in [4.69, 9.17) is 4.74 Å². The minimum atomic E-state index is -0.495. The summed E-state index contributed by atoms with van der Waals surface area (Å²) >= 11 is 0. The van der Waals surface area contributed by atoms with Crippen LogP contribution in [-0.4, -0.2) is 12.0 Å². The lowest BCUT2D eigenvalue weighted by Gasteiger charge is -2.14. The topological polar surface area (TPSA) is 68.5 Å². The maximum Gasteiger partial charge on any atom is 0.335 e. The van der Waals surface area contributed by atoms with E-state index in [1.807, 2.05) is 19.9 Å².